The molecule has 0 aliphatic rings. The van der Waals surface area contributed by atoms with E-state index >= 15 is 0 Å². The molecule has 0 bridgehead atoms. The monoisotopic (exact) mass is 310 g/mol. The Balaban J connectivity index is 2.09. The number of rotatable bonds is 3. The number of hydrogen-bond donors (Lipinski definition) is 0. The normalized spacial score (nSPS) is 11.2. The number of alkyl halides is 1. The van der Waals surface area contributed by atoms with Gasteiger partial charge in [-0.05, 0) is 35.9 Å². The summed E-state index contributed by atoms with van der Waals surface area (Å²) in [6.07, 6.45) is 0. The van der Waals surface area contributed by atoms with Crippen LogP contribution in [0.3, 0.4) is 0 Å². The lowest BCUT2D eigenvalue weighted by atomic mass is 10.2. The average Bonchev–Trinajstić information content (AvgIpc) is 2.80. The van der Waals surface area contributed by atoms with Gasteiger partial charge in [0.2, 0.25) is 0 Å². The Hall–Kier alpha value is -2.01. The van der Waals surface area contributed by atoms with Gasteiger partial charge in [-0.2, -0.15) is 0 Å². The summed E-state index contributed by atoms with van der Waals surface area (Å²) < 4.78 is 41.3. The second-order valence-corrected chi connectivity index (χ2v) is 4.90. The lowest BCUT2D eigenvalue weighted by molar-refractivity contribution is 0.506. The van der Waals surface area contributed by atoms with E-state index in [0.717, 1.165) is 12.1 Å². The van der Waals surface area contributed by atoms with Crippen LogP contribution in [0.2, 0.25) is 0 Å². The predicted octanol–water partition coefficient (Wildman–Crippen LogP) is 4.24. The highest BCUT2D eigenvalue weighted by Crippen LogP contribution is 2.21. The number of fused-ring (bicyclic) bond motifs is 1. The van der Waals surface area contributed by atoms with Crippen molar-refractivity contribution in [2.75, 3.05) is 0 Å². The molecule has 0 aliphatic carbocycles. The van der Waals surface area contributed by atoms with E-state index in [1.807, 2.05) is 0 Å². The molecule has 108 valence electrons. The molecular weight excluding hydrogens is 301 g/mol. The van der Waals surface area contributed by atoms with Gasteiger partial charge in [-0.1, -0.05) is 6.07 Å². The molecule has 2 nitrogen and oxygen atoms in total. The van der Waals surface area contributed by atoms with Crippen molar-refractivity contribution in [1.82, 2.24) is 9.55 Å². The Morgan fingerprint density at radius 2 is 1.81 bits per heavy atom. The van der Waals surface area contributed by atoms with Crippen LogP contribution in [0.15, 0.2) is 36.4 Å². The molecule has 2 aromatic carbocycles. The summed E-state index contributed by atoms with van der Waals surface area (Å²) in [5.41, 5.74) is 1.72. The molecule has 0 aliphatic heterocycles. The molecule has 1 aromatic heterocycles. The largest absolute Gasteiger partial charge is 0.322 e. The van der Waals surface area contributed by atoms with Gasteiger partial charge in [0.15, 0.2) is 11.6 Å². The summed E-state index contributed by atoms with van der Waals surface area (Å²) in [6, 6.07) is 7.86. The Bertz CT molecular complexity index is 814. The Labute approximate surface area is 123 Å². The van der Waals surface area contributed by atoms with Gasteiger partial charge in [-0.15, -0.1) is 11.6 Å². The molecule has 0 saturated heterocycles. The molecule has 0 saturated carbocycles. The molecule has 0 amide bonds. The van der Waals surface area contributed by atoms with Crippen LogP contribution in [0.1, 0.15) is 11.4 Å². The van der Waals surface area contributed by atoms with Crippen molar-refractivity contribution in [3.05, 3.63) is 65.2 Å². The highest BCUT2D eigenvalue weighted by molar-refractivity contribution is 6.16. The number of imidazole rings is 1. The minimum absolute atomic E-state index is 0.139. The summed E-state index contributed by atoms with van der Waals surface area (Å²) >= 11 is 5.85. The van der Waals surface area contributed by atoms with E-state index in [9.17, 15) is 13.2 Å². The third kappa shape index (κ3) is 2.61. The van der Waals surface area contributed by atoms with Crippen molar-refractivity contribution in [3.8, 4) is 0 Å². The first kappa shape index (κ1) is 13.9. The minimum atomic E-state index is -0.921. The van der Waals surface area contributed by atoms with E-state index in [1.165, 1.54) is 18.2 Å². The molecule has 3 aromatic rings. The van der Waals surface area contributed by atoms with Crippen LogP contribution in [-0.4, -0.2) is 9.55 Å². The maximum Gasteiger partial charge on any atom is 0.159 e. The standard InChI is InChI=1S/C15H10ClF3N2/c16-7-15-20-13-4-2-10(17)6-14(13)21(15)8-9-1-3-11(18)12(19)5-9/h1-6H,7-8H2. The lowest BCUT2D eigenvalue weighted by Crippen LogP contribution is -2.04. The number of hydrogen-bond acceptors (Lipinski definition) is 1. The minimum Gasteiger partial charge on any atom is -0.322 e. The maximum atomic E-state index is 13.4. The number of nitrogens with zero attached hydrogens (tertiary/aromatic N) is 2. The number of benzene rings is 2. The van der Waals surface area contributed by atoms with Crippen LogP contribution >= 0.6 is 11.6 Å². The molecule has 0 unspecified atom stereocenters. The van der Waals surface area contributed by atoms with Crippen molar-refractivity contribution in [2.24, 2.45) is 0 Å². The van der Waals surface area contributed by atoms with E-state index in [0.29, 0.717) is 22.4 Å². The second-order valence-electron chi connectivity index (χ2n) is 4.63. The Morgan fingerprint density at radius 1 is 1.00 bits per heavy atom. The molecular formula is C15H10ClF3N2. The summed E-state index contributed by atoms with van der Waals surface area (Å²) in [5, 5.41) is 0. The third-order valence-electron chi connectivity index (χ3n) is 3.23. The van der Waals surface area contributed by atoms with Gasteiger partial charge < -0.3 is 4.57 Å². The number of halogens is 4. The molecule has 21 heavy (non-hydrogen) atoms. The first-order valence-corrected chi connectivity index (χ1v) is 6.76. The van der Waals surface area contributed by atoms with Crippen LogP contribution in [0.25, 0.3) is 11.0 Å². The quantitative estimate of drug-likeness (QED) is 0.662. The van der Waals surface area contributed by atoms with Crippen LogP contribution in [0.4, 0.5) is 13.2 Å². The van der Waals surface area contributed by atoms with Crippen LogP contribution in [-0.2, 0) is 12.4 Å². The molecule has 0 spiro atoms. The van der Waals surface area contributed by atoms with Crippen molar-refractivity contribution >= 4 is 22.6 Å². The topological polar surface area (TPSA) is 17.8 Å². The summed E-state index contributed by atoms with van der Waals surface area (Å²) in [7, 11) is 0. The van der Waals surface area contributed by atoms with Crippen LogP contribution in [0, 0.1) is 17.5 Å². The van der Waals surface area contributed by atoms with E-state index in [-0.39, 0.29) is 12.4 Å². The smallest absolute Gasteiger partial charge is 0.159 e. The Kier molecular flexibility index (Phi) is 3.59. The van der Waals surface area contributed by atoms with Crippen molar-refractivity contribution in [1.29, 1.82) is 0 Å². The van der Waals surface area contributed by atoms with Crippen LogP contribution in [0.5, 0.6) is 0 Å². The first-order chi connectivity index (χ1) is 10.1. The van der Waals surface area contributed by atoms with Crippen LogP contribution < -0.4 is 0 Å². The highest BCUT2D eigenvalue weighted by atomic mass is 35.5. The molecule has 6 heteroatoms. The zero-order valence-corrected chi connectivity index (χ0v) is 11.5. The van der Waals surface area contributed by atoms with Gasteiger partial charge in [0.1, 0.15) is 11.6 Å². The molecule has 0 radical (unpaired) electrons. The van der Waals surface area contributed by atoms with Gasteiger partial charge in [-0.3, -0.25) is 0 Å². The SMILES string of the molecule is Fc1ccc2nc(CCl)n(Cc3ccc(F)c(F)c3)c2c1. The average molecular weight is 311 g/mol. The predicted molar refractivity (Wildman–Crippen MR) is 74.7 cm³/mol. The fourth-order valence-electron chi connectivity index (χ4n) is 2.24. The lowest BCUT2D eigenvalue weighted by Gasteiger charge is -2.08. The zero-order chi connectivity index (χ0) is 15.0. The second kappa shape index (κ2) is 5.41. The number of aromatic nitrogens is 2. The van der Waals surface area contributed by atoms with E-state index < -0.39 is 17.5 Å². The molecule has 1 heterocycles. The molecule has 3 rings (SSSR count). The molecule has 0 atom stereocenters. The Morgan fingerprint density at radius 3 is 2.52 bits per heavy atom. The van der Waals surface area contributed by atoms with Gasteiger partial charge in [0.05, 0.1) is 16.9 Å². The van der Waals surface area contributed by atoms with Gasteiger partial charge >= 0.3 is 0 Å². The van der Waals surface area contributed by atoms with Crippen molar-refractivity contribution < 1.29 is 13.2 Å². The van der Waals surface area contributed by atoms with Crippen molar-refractivity contribution in [2.45, 2.75) is 12.4 Å². The van der Waals surface area contributed by atoms with E-state index in [4.69, 9.17) is 11.6 Å². The highest BCUT2D eigenvalue weighted by Gasteiger charge is 2.12. The van der Waals surface area contributed by atoms with Gasteiger partial charge in [0.25, 0.3) is 0 Å². The van der Waals surface area contributed by atoms with Crippen molar-refractivity contribution in [3.63, 3.8) is 0 Å². The van der Waals surface area contributed by atoms with E-state index in [2.05, 4.69) is 4.98 Å². The molecule has 0 N–H and O–H groups in total. The third-order valence-corrected chi connectivity index (χ3v) is 3.47. The van der Waals surface area contributed by atoms with Gasteiger partial charge in [-0.25, -0.2) is 18.2 Å². The summed E-state index contributed by atoms with van der Waals surface area (Å²) in [6.45, 7) is 0.235. The maximum absolute atomic E-state index is 13.4. The fourth-order valence-corrected chi connectivity index (χ4v) is 2.45. The zero-order valence-electron chi connectivity index (χ0n) is 10.8. The summed E-state index contributed by atoms with van der Waals surface area (Å²) in [5.74, 6) is -1.54. The molecule has 0 fully saturated rings. The summed E-state index contributed by atoms with van der Waals surface area (Å²) in [4.78, 5) is 4.30. The van der Waals surface area contributed by atoms with Gasteiger partial charge in [0, 0.05) is 6.54 Å². The fraction of sp³-hybridized carbons (Fsp3) is 0.133. The van der Waals surface area contributed by atoms with E-state index in [1.54, 1.807) is 10.6 Å². The first-order valence-electron chi connectivity index (χ1n) is 6.23.